The molecule has 3 aromatic carbocycles. The Balaban J connectivity index is 1.67. The molecule has 0 N–H and O–H groups in total. The Morgan fingerprint density at radius 3 is 2.49 bits per heavy atom. The molecule has 0 saturated heterocycles. The van der Waals surface area contributed by atoms with Crippen molar-refractivity contribution in [3.05, 3.63) is 99.4 Å². The normalized spacial score (nSPS) is 11.3. The van der Waals surface area contributed by atoms with E-state index < -0.39 is 4.92 Å². The Kier molecular flexibility index (Phi) is 8.40. The molecule has 0 aliphatic rings. The fourth-order valence-corrected chi connectivity index (χ4v) is 4.81. The highest BCUT2D eigenvalue weighted by Gasteiger charge is 2.18. The van der Waals surface area contributed by atoms with Crippen LogP contribution in [0.25, 0.3) is 10.9 Å². The van der Waals surface area contributed by atoms with Crippen LogP contribution in [0.5, 0.6) is 11.5 Å². The van der Waals surface area contributed by atoms with E-state index in [0.29, 0.717) is 49.2 Å². The van der Waals surface area contributed by atoms with E-state index in [1.54, 1.807) is 36.5 Å². The van der Waals surface area contributed by atoms with Gasteiger partial charge in [0.25, 0.3) is 11.2 Å². The van der Waals surface area contributed by atoms with Gasteiger partial charge in [-0.1, -0.05) is 22.9 Å². The fourth-order valence-electron chi connectivity index (χ4n) is 3.52. The van der Waals surface area contributed by atoms with Gasteiger partial charge in [0, 0.05) is 33.1 Å². The molecule has 0 amide bonds. The van der Waals surface area contributed by atoms with Crippen molar-refractivity contribution in [2.75, 3.05) is 7.11 Å². The van der Waals surface area contributed by atoms with E-state index in [4.69, 9.17) is 9.47 Å². The van der Waals surface area contributed by atoms with Crippen LogP contribution < -0.4 is 15.0 Å². The van der Waals surface area contributed by atoms with Crippen LogP contribution in [0.1, 0.15) is 23.9 Å². The maximum atomic E-state index is 13.2. The number of aryl methyl sites for hydroxylation is 1. The summed E-state index contributed by atoms with van der Waals surface area (Å²) in [5.41, 5.74) is 1.73. The quantitative estimate of drug-likeness (QED) is 0.117. The lowest BCUT2D eigenvalue weighted by molar-refractivity contribution is -0.384. The zero-order valence-corrected chi connectivity index (χ0v) is 24.3. The maximum Gasteiger partial charge on any atom is 0.282 e. The minimum absolute atomic E-state index is 0.00785. The summed E-state index contributed by atoms with van der Waals surface area (Å²) >= 11 is 10.5. The van der Waals surface area contributed by atoms with Gasteiger partial charge in [-0.3, -0.25) is 14.9 Å². The average molecular weight is 695 g/mol. The van der Waals surface area contributed by atoms with E-state index >= 15 is 0 Å². The van der Waals surface area contributed by atoms with E-state index in [2.05, 4.69) is 57.9 Å². The molecular weight excluding hydrogens is 676 g/mol. The van der Waals surface area contributed by atoms with Crippen molar-refractivity contribution in [1.29, 1.82) is 0 Å². The van der Waals surface area contributed by atoms with Gasteiger partial charge in [0.15, 0.2) is 11.5 Å². The number of nitro groups is 1. The summed E-state index contributed by atoms with van der Waals surface area (Å²) in [6.45, 7) is 2.07. The summed E-state index contributed by atoms with van der Waals surface area (Å²) in [5, 5.41) is 15.8. The molecule has 0 aliphatic heterocycles. The number of hydrogen-bond donors (Lipinski definition) is 0. The average Bonchev–Trinajstić information content (AvgIpc) is 2.90. The Hall–Kier alpha value is -3.09. The van der Waals surface area contributed by atoms with Crippen molar-refractivity contribution < 1.29 is 14.4 Å². The van der Waals surface area contributed by atoms with E-state index in [0.717, 1.165) is 10.0 Å². The van der Waals surface area contributed by atoms with Crippen LogP contribution in [-0.2, 0) is 13.0 Å². The van der Waals surface area contributed by atoms with E-state index in [1.807, 2.05) is 13.0 Å². The lowest BCUT2D eigenvalue weighted by atomic mass is 10.2. The number of aromatic nitrogens is 2. The van der Waals surface area contributed by atoms with E-state index in [1.165, 1.54) is 23.9 Å². The van der Waals surface area contributed by atoms with Crippen LogP contribution in [0.4, 0.5) is 5.69 Å². The molecule has 0 aliphatic carbocycles. The van der Waals surface area contributed by atoms with Crippen molar-refractivity contribution >= 4 is 70.6 Å². The molecule has 0 spiro atoms. The number of rotatable bonds is 8. The van der Waals surface area contributed by atoms with Gasteiger partial charge in [-0.15, -0.1) is 0 Å². The molecule has 0 fully saturated rings. The first kappa shape index (κ1) is 27.0. The second-order valence-corrected chi connectivity index (χ2v) is 10.2. The summed E-state index contributed by atoms with van der Waals surface area (Å²) in [7, 11) is 1.51. The monoisotopic (exact) mass is 692 g/mol. The summed E-state index contributed by atoms with van der Waals surface area (Å²) in [5.74, 6) is 1.40. The van der Waals surface area contributed by atoms with Crippen molar-refractivity contribution in [1.82, 2.24) is 9.66 Å². The molecule has 4 rings (SSSR count). The molecule has 37 heavy (non-hydrogen) atoms. The molecule has 0 radical (unpaired) electrons. The van der Waals surface area contributed by atoms with Gasteiger partial charge >= 0.3 is 0 Å². The largest absolute Gasteiger partial charge is 0.493 e. The van der Waals surface area contributed by atoms with E-state index in [9.17, 15) is 14.9 Å². The lowest BCUT2D eigenvalue weighted by Crippen LogP contribution is -2.22. The highest BCUT2D eigenvalue weighted by Crippen LogP contribution is 2.42. The number of ether oxygens (including phenoxy) is 2. The molecule has 0 unspecified atom stereocenters. The molecule has 12 heteroatoms. The maximum absolute atomic E-state index is 13.2. The minimum atomic E-state index is -0.452. The minimum Gasteiger partial charge on any atom is -0.493 e. The molecule has 1 aromatic heterocycles. The number of benzene rings is 3. The molecule has 9 nitrogen and oxygen atoms in total. The first-order valence-corrected chi connectivity index (χ1v) is 13.3. The standard InChI is InChI=1S/C25H19Br3N4O5/c1-3-21-30-19-9-6-16(26)11-18(19)25(33)31(21)29-12-15-10-20(36-2)24(23(28)22(15)27)37-13-14-4-7-17(8-5-14)32(34)35/h4-12H,3,13H2,1-2H3. The summed E-state index contributed by atoms with van der Waals surface area (Å²) < 4.78 is 14.8. The van der Waals surface area contributed by atoms with Crippen LogP contribution in [0, 0.1) is 10.1 Å². The molecule has 0 saturated carbocycles. The van der Waals surface area contributed by atoms with Gasteiger partial charge in [0.1, 0.15) is 12.4 Å². The topological polar surface area (TPSA) is 109 Å². The number of halogens is 3. The van der Waals surface area contributed by atoms with Crippen LogP contribution in [0.3, 0.4) is 0 Å². The molecule has 190 valence electrons. The summed E-state index contributed by atoms with van der Waals surface area (Å²) in [6, 6.07) is 13.2. The first-order chi connectivity index (χ1) is 17.7. The highest BCUT2D eigenvalue weighted by atomic mass is 79.9. The van der Waals surface area contributed by atoms with Crippen molar-refractivity contribution in [2.45, 2.75) is 20.0 Å². The Morgan fingerprint density at radius 2 is 1.84 bits per heavy atom. The van der Waals surface area contributed by atoms with Crippen LogP contribution >= 0.6 is 47.8 Å². The van der Waals surface area contributed by atoms with Gasteiger partial charge in [0.2, 0.25) is 0 Å². The number of methoxy groups -OCH3 is 1. The Morgan fingerprint density at radius 1 is 1.11 bits per heavy atom. The Labute approximate surface area is 236 Å². The smallest absolute Gasteiger partial charge is 0.282 e. The number of hydrogen-bond acceptors (Lipinski definition) is 7. The molecule has 4 aromatic rings. The Bertz CT molecular complexity index is 1590. The summed E-state index contributed by atoms with van der Waals surface area (Å²) in [6.07, 6.45) is 2.06. The summed E-state index contributed by atoms with van der Waals surface area (Å²) in [4.78, 5) is 28.2. The highest BCUT2D eigenvalue weighted by molar-refractivity contribution is 9.13. The molecule has 1 heterocycles. The van der Waals surface area contributed by atoms with Crippen molar-refractivity contribution in [3.63, 3.8) is 0 Å². The van der Waals surface area contributed by atoms with Gasteiger partial charge < -0.3 is 9.47 Å². The van der Waals surface area contributed by atoms with E-state index in [-0.39, 0.29) is 17.9 Å². The zero-order chi connectivity index (χ0) is 26.7. The predicted molar refractivity (Wildman–Crippen MR) is 152 cm³/mol. The van der Waals surface area contributed by atoms with Crippen molar-refractivity contribution in [3.8, 4) is 11.5 Å². The SMILES string of the molecule is CCc1nc2ccc(Br)cc2c(=O)n1N=Cc1cc(OC)c(OCc2ccc([N+](=O)[O-])cc2)c(Br)c1Br. The second-order valence-electron chi connectivity index (χ2n) is 7.74. The van der Waals surface area contributed by atoms with Crippen molar-refractivity contribution in [2.24, 2.45) is 5.10 Å². The van der Waals surface area contributed by atoms with Gasteiger partial charge in [-0.25, -0.2) is 4.98 Å². The second kappa shape index (κ2) is 11.5. The fraction of sp³-hybridized carbons (Fsp3) is 0.160. The van der Waals surface area contributed by atoms with Crippen LogP contribution in [-0.4, -0.2) is 27.9 Å². The third kappa shape index (κ3) is 5.76. The predicted octanol–water partition coefficient (Wildman–Crippen LogP) is 6.62. The number of nitrogens with zero attached hydrogens (tertiary/aromatic N) is 4. The lowest BCUT2D eigenvalue weighted by Gasteiger charge is -2.15. The first-order valence-electron chi connectivity index (χ1n) is 10.9. The van der Waals surface area contributed by atoms with Crippen LogP contribution in [0.2, 0.25) is 0 Å². The third-order valence-electron chi connectivity index (χ3n) is 5.41. The molecular formula is C25H19Br3N4O5. The zero-order valence-electron chi connectivity index (χ0n) is 19.6. The number of fused-ring (bicyclic) bond motifs is 1. The third-order valence-corrected chi connectivity index (χ3v) is 8.05. The van der Waals surface area contributed by atoms with Crippen LogP contribution in [0.15, 0.2) is 71.8 Å². The van der Waals surface area contributed by atoms with Gasteiger partial charge in [-0.05, 0) is 73.8 Å². The number of non-ortho nitro benzene ring substituents is 1. The van der Waals surface area contributed by atoms with Gasteiger partial charge in [0.05, 0.1) is 33.6 Å². The van der Waals surface area contributed by atoms with Gasteiger partial charge in [-0.2, -0.15) is 9.78 Å². The molecule has 0 bridgehead atoms. The molecule has 0 atom stereocenters. The number of nitro benzene ring substituents is 1.